The lowest BCUT2D eigenvalue weighted by Crippen LogP contribution is -2.26. The molecule has 0 saturated carbocycles. The van der Waals surface area contributed by atoms with Gasteiger partial charge in [-0.05, 0) is 35.4 Å². The van der Waals surface area contributed by atoms with Gasteiger partial charge >= 0.3 is 0 Å². The molecule has 2 rings (SSSR count). The van der Waals surface area contributed by atoms with Crippen molar-refractivity contribution in [2.24, 2.45) is 0 Å². The molecule has 6 nitrogen and oxygen atoms in total. The standard InChI is InChI=1S/C19H25N3O3/c1-22(2)19(23)8-11-21-13-16-4-5-17(18(12-16)24-3)25-14-15-6-9-20-10-7-15/h4-7,9-10,12,21H,8,11,13-14H2,1-3H3. The first-order chi connectivity index (χ1) is 12.1. The third kappa shape index (κ3) is 6.08. The average molecular weight is 343 g/mol. The van der Waals surface area contributed by atoms with Crippen molar-refractivity contribution in [1.29, 1.82) is 0 Å². The molecule has 0 atom stereocenters. The highest BCUT2D eigenvalue weighted by Gasteiger charge is 2.07. The lowest BCUT2D eigenvalue weighted by atomic mass is 10.2. The van der Waals surface area contributed by atoms with Gasteiger partial charge in [-0.2, -0.15) is 0 Å². The van der Waals surface area contributed by atoms with Crippen LogP contribution in [-0.2, 0) is 17.9 Å². The van der Waals surface area contributed by atoms with Gasteiger partial charge < -0.3 is 19.7 Å². The van der Waals surface area contributed by atoms with E-state index in [1.54, 1.807) is 38.5 Å². The van der Waals surface area contributed by atoms with Crippen LogP contribution in [0.15, 0.2) is 42.7 Å². The number of nitrogens with zero attached hydrogens (tertiary/aromatic N) is 2. The first kappa shape index (κ1) is 18.7. The molecule has 0 aliphatic heterocycles. The maximum absolute atomic E-state index is 11.5. The number of carbonyl (C=O) groups excluding carboxylic acids is 1. The molecule has 0 saturated heterocycles. The van der Waals surface area contributed by atoms with E-state index in [0.717, 1.165) is 11.1 Å². The van der Waals surface area contributed by atoms with Crippen molar-refractivity contribution in [3.8, 4) is 11.5 Å². The zero-order chi connectivity index (χ0) is 18.1. The molecule has 1 N–H and O–H groups in total. The molecular weight excluding hydrogens is 318 g/mol. The zero-order valence-electron chi connectivity index (χ0n) is 15.0. The Morgan fingerprint density at radius 3 is 2.56 bits per heavy atom. The maximum atomic E-state index is 11.5. The molecule has 2 aromatic rings. The van der Waals surface area contributed by atoms with Gasteiger partial charge in [0, 0.05) is 46.0 Å². The molecular formula is C19H25N3O3. The summed E-state index contributed by atoms with van der Waals surface area (Å²) in [5.74, 6) is 1.51. The van der Waals surface area contributed by atoms with Crippen LogP contribution in [0.3, 0.4) is 0 Å². The van der Waals surface area contributed by atoms with Crippen LogP contribution in [0.5, 0.6) is 11.5 Å². The molecule has 0 fully saturated rings. The number of methoxy groups -OCH3 is 1. The number of hydrogen-bond donors (Lipinski definition) is 1. The third-order valence-electron chi connectivity index (χ3n) is 3.72. The van der Waals surface area contributed by atoms with E-state index in [1.807, 2.05) is 30.3 Å². The van der Waals surface area contributed by atoms with Crippen LogP contribution in [0, 0.1) is 0 Å². The van der Waals surface area contributed by atoms with Gasteiger partial charge in [-0.15, -0.1) is 0 Å². The van der Waals surface area contributed by atoms with Gasteiger partial charge in [0.2, 0.25) is 5.91 Å². The van der Waals surface area contributed by atoms with Crippen LogP contribution in [0.4, 0.5) is 0 Å². The van der Waals surface area contributed by atoms with Crippen LogP contribution in [0.2, 0.25) is 0 Å². The fraction of sp³-hybridized carbons (Fsp3) is 0.368. The van der Waals surface area contributed by atoms with Gasteiger partial charge in [-0.25, -0.2) is 0 Å². The molecule has 25 heavy (non-hydrogen) atoms. The fourth-order valence-electron chi connectivity index (χ4n) is 2.23. The van der Waals surface area contributed by atoms with Gasteiger partial charge in [0.25, 0.3) is 0 Å². The highest BCUT2D eigenvalue weighted by Crippen LogP contribution is 2.28. The van der Waals surface area contributed by atoms with E-state index in [4.69, 9.17) is 9.47 Å². The number of pyridine rings is 1. The van der Waals surface area contributed by atoms with Crippen molar-refractivity contribution < 1.29 is 14.3 Å². The second kappa shape index (κ2) is 9.64. The zero-order valence-corrected chi connectivity index (χ0v) is 15.0. The largest absolute Gasteiger partial charge is 0.493 e. The molecule has 1 amide bonds. The molecule has 0 aliphatic rings. The first-order valence-electron chi connectivity index (χ1n) is 8.19. The smallest absolute Gasteiger partial charge is 0.223 e. The van der Waals surface area contributed by atoms with Crippen molar-refractivity contribution in [3.63, 3.8) is 0 Å². The maximum Gasteiger partial charge on any atom is 0.223 e. The molecule has 1 aromatic heterocycles. The monoisotopic (exact) mass is 343 g/mol. The number of aromatic nitrogens is 1. The Labute approximate surface area is 148 Å². The molecule has 0 aliphatic carbocycles. The number of carbonyl (C=O) groups is 1. The SMILES string of the molecule is COc1cc(CNCCC(=O)N(C)C)ccc1OCc1ccncc1. The minimum absolute atomic E-state index is 0.116. The normalized spacial score (nSPS) is 10.4. The predicted molar refractivity (Wildman–Crippen MR) is 96.6 cm³/mol. The summed E-state index contributed by atoms with van der Waals surface area (Å²) < 4.78 is 11.3. The average Bonchev–Trinajstić information content (AvgIpc) is 2.64. The number of rotatable bonds is 9. The molecule has 0 spiro atoms. The van der Waals surface area contributed by atoms with E-state index < -0.39 is 0 Å². The summed E-state index contributed by atoms with van der Waals surface area (Å²) in [6, 6.07) is 9.68. The van der Waals surface area contributed by atoms with Crippen LogP contribution < -0.4 is 14.8 Å². The van der Waals surface area contributed by atoms with Crippen LogP contribution in [0.1, 0.15) is 17.5 Å². The van der Waals surface area contributed by atoms with Crippen molar-refractivity contribution in [2.45, 2.75) is 19.6 Å². The van der Waals surface area contributed by atoms with Crippen molar-refractivity contribution >= 4 is 5.91 Å². The minimum Gasteiger partial charge on any atom is -0.493 e. The van der Waals surface area contributed by atoms with Gasteiger partial charge in [-0.1, -0.05) is 6.07 Å². The van der Waals surface area contributed by atoms with Crippen LogP contribution in [-0.4, -0.2) is 43.5 Å². The van der Waals surface area contributed by atoms with E-state index >= 15 is 0 Å². The lowest BCUT2D eigenvalue weighted by molar-refractivity contribution is -0.128. The summed E-state index contributed by atoms with van der Waals surface area (Å²) in [6.45, 7) is 1.77. The lowest BCUT2D eigenvalue weighted by Gasteiger charge is -2.13. The van der Waals surface area contributed by atoms with Gasteiger partial charge in [0.15, 0.2) is 11.5 Å². The Balaban J connectivity index is 1.86. The van der Waals surface area contributed by atoms with Crippen molar-refractivity contribution in [1.82, 2.24) is 15.2 Å². The molecule has 6 heteroatoms. The Bertz CT molecular complexity index is 675. The topological polar surface area (TPSA) is 63.7 Å². The second-order valence-electron chi connectivity index (χ2n) is 5.84. The van der Waals surface area contributed by atoms with Crippen molar-refractivity contribution in [2.75, 3.05) is 27.7 Å². The quantitative estimate of drug-likeness (QED) is 0.708. The summed E-state index contributed by atoms with van der Waals surface area (Å²) in [7, 11) is 5.15. The van der Waals surface area contributed by atoms with E-state index in [9.17, 15) is 4.79 Å². The summed E-state index contributed by atoms with van der Waals surface area (Å²) in [6.07, 6.45) is 3.97. The van der Waals surface area contributed by atoms with E-state index in [-0.39, 0.29) is 5.91 Å². The Hall–Kier alpha value is -2.60. The Morgan fingerprint density at radius 2 is 1.88 bits per heavy atom. The van der Waals surface area contributed by atoms with E-state index in [1.165, 1.54) is 0 Å². The number of hydrogen-bond acceptors (Lipinski definition) is 5. The molecule has 0 radical (unpaired) electrons. The number of nitrogens with one attached hydrogen (secondary N) is 1. The summed E-state index contributed by atoms with van der Waals surface area (Å²) in [5, 5.41) is 3.27. The van der Waals surface area contributed by atoms with Gasteiger partial charge in [0.1, 0.15) is 6.61 Å². The summed E-state index contributed by atoms with van der Waals surface area (Å²) in [4.78, 5) is 17.1. The number of ether oxygens (including phenoxy) is 2. The Kier molecular flexibility index (Phi) is 7.22. The predicted octanol–water partition coefficient (Wildman–Crippen LogP) is 2.24. The molecule has 1 aromatic carbocycles. The van der Waals surface area contributed by atoms with Crippen LogP contribution in [0.25, 0.3) is 0 Å². The Morgan fingerprint density at radius 1 is 1.12 bits per heavy atom. The molecule has 134 valence electrons. The summed E-state index contributed by atoms with van der Waals surface area (Å²) in [5.41, 5.74) is 2.12. The number of benzene rings is 1. The van der Waals surface area contributed by atoms with E-state index in [0.29, 0.717) is 37.6 Å². The highest BCUT2D eigenvalue weighted by molar-refractivity contribution is 5.75. The molecule has 0 unspecified atom stereocenters. The van der Waals surface area contributed by atoms with Gasteiger partial charge in [-0.3, -0.25) is 9.78 Å². The minimum atomic E-state index is 0.116. The molecule has 0 bridgehead atoms. The van der Waals surface area contributed by atoms with E-state index in [2.05, 4.69) is 10.3 Å². The number of amides is 1. The van der Waals surface area contributed by atoms with Crippen molar-refractivity contribution in [3.05, 3.63) is 53.9 Å². The third-order valence-corrected chi connectivity index (χ3v) is 3.72. The second-order valence-corrected chi connectivity index (χ2v) is 5.84. The van der Waals surface area contributed by atoms with Gasteiger partial charge in [0.05, 0.1) is 7.11 Å². The summed E-state index contributed by atoms with van der Waals surface area (Å²) >= 11 is 0. The first-order valence-corrected chi connectivity index (χ1v) is 8.19. The molecule has 1 heterocycles. The fourth-order valence-corrected chi connectivity index (χ4v) is 2.23. The van der Waals surface area contributed by atoms with Crippen LogP contribution >= 0.6 is 0 Å². The highest BCUT2D eigenvalue weighted by atomic mass is 16.5.